The minimum atomic E-state index is -0.377. The predicted molar refractivity (Wildman–Crippen MR) is 101 cm³/mol. The number of methoxy groups -OCH3 is 1. The molecular weight excluding hydrogens is 352 g/mol. The molecule has 25 heavy (non-hydrogen) atoms. The van der Waals surface area contributed by atoms with E-state index in [9.17, 15) is 10.1 Å². The normalized spacial score (nSPS) is 10.7. The number of nitrogens with zero attached hydrogens (tertiary/aromatic N) is 1. The van der Waals surface area contributed by atoms with Crippen LogP contribution in [0.15, 0.2) is 47.2 Å². The van der Waals surface area contributed by atoms with Crippen molar-refractivity contribution < 1.29 is 9.53 Å². The van der Waals surface area contributed by atoms with Crippen LogP contribution in [-0.2, 0) is 4.74 Å². The second kappa shape index (κ2) is 6.20. The maximum absolute atomic E-state index is 11.9. The first kappa shape index (κ1) is 15.6. The van der Waals surface area contributed by atoms with Gasteiger partial charge in [0.1, 0.15) is 10.9 Å². The van der Waals surface area contributed by atoms with Crippen LogP contribution in [-0.4, -0.2) is 18.1 Å². The number of aromatic nitrogens is 1. The fourth-order valence-electron chi connectivity index (χ4n) is 2.91. The quantitative estimate of drug-likeness (QED) is 0.503. The smallest absolute Gasteiger partial charge is 0.337 e. The summed E-state index contributed by atoms with van der Waals surface area (Å²) >= 11 is 3.04. The van der Waals surface area contributed by atoms with Crippen LogP contribution in [0, 0.1) is 11.3 Å². The van der Waals surface area contributed by atoms with E-state index in [1.54, 1.807) is 17.4 Å². The molecular formula is C19H12N2O2S2. The van der Waals surface area contributed by atoms with Gasteiger partial charge in [-0.2, -0.15) is 5.26 Å². The molecule has 0 radical (unpaired) electrons. The van der Waals surface area contributed by atoms with Crippen LogP contribution in [0.4, 0.5) is 0 Å². The Labute approximate surface area is 151 Å². The molecule has 0 saturated heterocycles. The third kappa shape index (κ3) is 2.54. The average Bonchev–Trinajstić information content (AvgIpc) is 3.37. The standard InChI is InChI=1S/C19H12N2O2S2/c1-23-19(22)11-4-5-14-13(9-11)17(12-6-8-25-16(12)10-20)18(21-14)15-3-2-7-24-15/h2-9,21H,1H3. The molecule has 3 heterocycles. The van der Waals surface area contributed by atoms with Crippen molar-refractivity contribution in [2.75, 3.05) is 7.11 Å². The Bertz CT molecular complexity index is 1110. The number of aromatic amines is 1. The van der Waals surface area contributed by atoms with Crippen LogP contribution < -0.4 is 0 Å². The molecule has 0 aliphatic rings. The van der Waals surface area contributed by atoms with Crippen molar-refractivity contribution in [3.05, 3.63) is 57.6 Å². The molecule has 0 aliphatic heterocycles. The third-order valence-corrected chi connectivity index (χ3v) is 5.73. The lowest BCUT2D eigenvalue weighted by Gasteiger charge is -2.03. The van der Waals surface area contributed by atoms with Crippen molar-refractivity contribution in [3.8, 4) is 27.8 Å². The Hall–Kier alpha value is -2.88. The highest BCUT2D eigenvalue weighted by Crippen LogP contribution is 2.42. The molecule has 0 amide bonds. The van der Waals surface area contributed by atoms with E-state index < -0.39 is 0 Å². The number of nitrogens with one attached hydrogen (secondary N) is 1. The number of hydrogen-bond acceptors (Lipinski definition) is 5. The Balaban J connectivity index is 2.07. The number of rotatable bonds is 3. The summed E-state index contributed by atoms with van der Waals surface area (Å²) in [6.07, 6.45) is 0. The number of carbonyl (C=O) groups is 1. The van der Waals surface area contributed by atoms with E-state index in [1.807, 2.05) is 41.1 Å². The number of nitriles is 1. The fourth-order valence-corrected chi connectivity index (χ4v) is 4.34. The lowest BCUT2D eigenvalue weighted by atomic mass is 10.0. The zero-order valence-electron chi connectivity index (χ0n) is 13.2. The van der Waals surface area contributed by atoms with Gasteiger partial charge in [-0.3, -0.25) is 0 Å². The topological polar surface area (TPSA) is 65.9 Å². The zero-order chi connectivity index (χ0) is 17.4. The molecule has 4 nitrogen and oxygen atoms in total. The molecule has 0 saturated carbocycles. The molecule has 4 aromatic rings. The highest BCUT2D eigenvalue weighted by molar-refractivity contribution is 7.13. The molecule has 6 heteroatoms. The molecule has 122 valence electrons. The lowest BCUT2D eigenvalue weighted by Crippen LogP contribution is -2.00. The van der Waals surface area contributed by atoms with E-state index in [0.717, 1.165) is 32.6 Å². The fraction of sp³-hybridized carbons (Fsp3) is 0.0526. The molecule has 0 aliphatic carbocycles. The van der Waals surface area contributed by atoms with Gasteiger partial charge in [-0.15, -0.1) is 22.7 Å². The molecule has 4 rings (SSSR count). The lowest BCUT2D eigenvalue weighted by molar-refractivity contribution is 0.0601. The van der Waals surface area contributed by atoms with Gasteiger partial charge in [-0.25, -0.2) is 4.79 Å². The molecule has 0 unspecified atom stereocenters. The van der Waals surface area contributed by atoms with Gasteiger partial charge in [0, 0.05) is 22.0 Å². The summed E-state index contributed by atoms with van der Waals surface area (Å²) in [7, 11) is 1.37. The van der Waals surface area contributed by atoms with Crippen molar-refractivity contribution in [3.63, 3.8) is 0 Å². The summed E-state index contributed by atoms with van der Waals surface area (Å²) < 4.78 is 4.84. The van der Waals surface area contributed by atoms with Gasteiger partial charge < -0.3 is 9.72 Å². The van der Waals surface area contributed by atoms with Crippen molar-refractivity contribution in [2.45, 2.75) is 0 Å². The van der Waals surface area contributed by atoms with Gasteiger partial charge in [-0.05, 0) is 41.1 Å². The number of carbonyl (C=O) groups excluding carboxylic acids is 1. The Morgan fingerprint density at radius 3 is 2.80 bits per heavy atom. The van der Waals surface area contributed by atoms with Gasteiger partial charge in [-0.1, -0.05) is 6.07 Å². The van der Waals surface area contributed by atoms with Crippen LogP contribution in [0.1, 0.15) is 15.2 Å². The molecule has 1 N–H and O–H groups in total. The number of hydrogen-bond donors (Lipinski definition) is 1. The Kier molecular flexibility index (Phi) is 3.88. The number of benzene rings is 1. The number of thiophene rings is 2. The van der Waals surface area contributed by atoms with E-state index in [-0.39, 0.29) is 5.97 Å². The number of esters is 1. The van der Waals surface area contributed by atoms with Crippen molar-refractivity contribution in [1.82, 2.24) is 4.98 Å². The Morgan fingerprint density at radius 2 is 2.08 bits per heavy atom. The maximum Gasteiger partial charge on any atom is 0.337 e. The number of fused-ring (bicyclic) bond motifs is 1. The van der Waals surface area contributed by atoms with Crippen molar-refractivity contribution >= 4 is 39.5 Å². The minimum absolute atomic E-state index is 0.377. The SMILES string of the molecule is COC(=O)c1ccc2[nH]c(-c3cccs3)c(-c3ccsc3C#N)c2c1. The van der Waals surface area contributed by atoms with E-state index in [2.05, 4.69) is 11.1 Å². The van der Waals surface area contributed by atoms with Gasteiger partial charge in [0.2, 0.25) is 0 Å². The van der Waals surface area contributed by atoms with Crippen molar-refractivity contribution in [2.24, 2.45) is 0 Å². The predicted octanol–water partition coefficient (Wildman–Crippen LogP) is 5.28. The van der Waals surface area contributed by atoms with Crippen LogP contribution in [0.3, 0.4) is 0 Å². The van der Waals surface area contributed by atoms with Crippen LogP contribution in [0.25, 0.3) is 32.6 Å². The van der Waals surface area contributed by atoms with Gasteiger partial charge in [0.15, 0.2) is 0 Å². The minimum Gasteiger partial charge on any atom is -0.465 e. The number of ether oxygens (including phenoxy) is 1. The van der Waals surface area contributed by atoms with Gasteiger partial charge in [0.25, 0.3) is 0 Å². The molecule has 3 aromatic heterocycles. The summed E-state index contributed by atoms with van der Waals surface area (Å²) in [5.74, 6) is -0.377. The van der Waals surface area contributed by atoms with Crippen molar-refractivity contribution in [1.29, 1.82) is 5.26 Å². The van der Waals surface area contributed by atoms with Crippen LogP contribution >= 0.6 is 22.7 Å². The summed E-state index contributed by atoms with van der Waals surface area (Å²) in [4.78, 5) is 17.1. The highest BCUT2D eigenvalue weighted by Gasteiger charge is 2.20. The zero-order valence-corrected chi connectivity index (χ0v) is 14.8. The summed E-state index contributed by atoms with van der Waals surface area (Å²) in [5.41, 5.74) is 4.19. The Morgan fingerprint density at radius 1 is 1.20 bits per heavy atom. The van der Waals surface area contributed by atoms with E-state index in [4.69, 9.17) is 4.74 Å². The van der Waals surface area contributed by atoms with Gasteiger partial charge >= 0.3 is 5.97 Å². The average molecular weight is 364 g/mol. The van der Waals surface area contributed by atoms with E-state index >= 15 is 0 Å². The first-order chi connectivity index (χ1) is 12.2. The van der Waals surface area contributed by atoms with E-state index in [0.29, 0.717) is 10.4 Å². The molecule has 0 fully saturated rings. The largest absolute Gasteiger partial charge is 0.465 e. The van der Waals surface area contributed by atoms with Crippen LogP contribution in [0.5, 0.6) is 0 Å². The van der Waals surface area contributed by atoms with E-state index in [1.165, 1.54) is 18.4 Å². The van der Waals surface area contributed by atoms with Crippen LogP contribution in [0.2, 0.25) is 0 Å². The molecule has 0 atom stereocenters. The summed E-state index contributed by atoms with van der Waals surface area (Å²) in [5, 5.41) is 14.3. The first-order valence-electron chi connectivity index (χ1n) is 7.49. The summed E-state index contributed by atoms with van der Waals surface area (Å²) in [6.45, 7) is 0. The highest BCUT2D eigenvalue weighted by atomic mass is 32.1. The molecule has 1 aromatic carbocycles. The third-order valence-electron chi connectivity index (χ3n) is 4.02. The maximum atomic E-state index is 11.9. The molecule has 0 bridgehead atoms. The van der Waals surface area contributed by atoms with Gasteiger partial charge in [0.05, 0.1) is 23.2 Å². The number of H-pyrrole nitrogens is 1. The first-order valence-corrected chi connectivity index (χ1v) is 9.24. The molecule has 0 spiro atoms. The monoisotopic (exact) mass is 364 g/mol. The second-order valence-corrected chi connectivity index (χ2v) is 7.24. The second-order valence-electron chi connectivity index (χ2n) is 5.38. The summed E-state index contributed by atoms with van der Waals surface area (Å²) in [6, 6.07) is 13.7.